The standard InChI is InChI=1S/C12H13BrF2N4/c1-19-12(10(13)6-17-19)11(18-16)4-7-2-8(14)5-9(15)3-7/h2-3,5-6,11,18H,4,16H2,1H3. The SMILES string of the molecule is Cn1ncc(Br)c1C(Cc1cc(F)cc(F)c1)NN. The van der Waals surface area contributed by atoms with Gasteiger partial charge in [0, 0.05) is 13.1 Å². The Balaban J connectivity index is 2.29. The Bertz CT molecular complexity index is 545. The van der Waals surface area contributed by atoms with E-state index in [1.165, 1.54) is 12.1 Å². The molecular formula is C12H13BrF2N4. The van der Waals surface area contributed by atoms with Gasteiger partial charge >= 0.3 is 0 Å². The van der Waals surface area contributed by atoms with Crippen LogP contribution in [0.1, 0.15) is 17.3 Å². The number of rotatable bonds is 4. The Morgan fingerprint density at radius 1 is 1.37 bits per heavy atom. The first-order chi connectivity index (χ1) is 9.01. The summed E-state index contributed by atoms with van der Waals surface area (Å²) >= 11 is 3.37. The van der Waals surface area contributed by atoms with E-state index in [4.69, 9.17) is 5.84 Å². The lowest BCUT2D eigenvalue weighted by molar-refractivity contribution is 0.502. The van der Waals surface area contributed by atoms with E-state index in [-0.39, 0.29) is 6.04 Å². The van der Waals surface area contributed by atoms with Crippen molar-refractivity contribution in [3.63, 3.8) is 0 Å². The fourth-order valence-electron chi connectivity index (χ4n) is 2.01. The van der Waals surface area contributed by atoms with E-state index in [9.17, 15) is 8.78 Å². The molecule has 0 fully saturated rings. The molecule has 2 rings (SSSR count). The van der Waals surface area contributed by atoms with Crippen molar-refractivity contribution in [3.8, 4) is 0 Å². The van der Waals surface area contributed by atoms with E-state index < -0.39 is 11.6 Å². The molecule has 4 nitrogen and oxygen atoms in total. The van der Waals surface area contributed by atoms with Gasteiger partial charge in [0.25, 0.3) is 0 Å². The maximum Gasteiger partial charge on any atom is 0.126 e. The number of halogens is 3. The molecule has 2 aromatic rings. The first-order valence-corrected chi connectivity index (χ1v) is 6.39. The Hall–Kier alpha value is -1.31. The van der Waals surface area contributed by atoms with Crippen LogP contribution in [0.4, 0.5) is 8.78 Å². The highest BCUT2D eigenvalue weighted by Crippen LogP contribution is 2.25. The van der Waals surface area contributed by atoms with Crippen molar-refractivity contribution < 1.29 is 8.78 Å². The van der Waals surface area contributed by atoms with Gasteiger partial charge < -0.3 is 0 Å². The van der Waals surface area contributed by atoms with Crippen LogP contribution in [0.2, 0.25) is 0 Å². The Kier molecular flexibility index (Phi) is 4.28. The molecule has 3 N–H and O–H groups in total. The second-order valence-corrected chi connectivity index (χ2v) is 5.06. The Labute approximate surface area is 117 Å². The average molecular weight is 331 g/mol. The fourth-order valence-corrected chi connectivity index (χ4v) is 2.64. The normalized spacial score (nSPS) is 12.7. The molecule has 0 aliphatic heterocycles. The number of hydrogen-bond acceptors (Lipinski definition) is 3. The molecule has 0 amide bonds. The van der Waals surface area contributed by atoms with Gasteiger partial charge in [0.15, 0.2) is 0 Å². The van der Waals surface area contributed by atoms with E-state index in [0.717, 1.165) is 16.2 Å². The van der Waals surface area contributed by atoms with Gasteiger partial charge in [0.05, 0.1) is 22.4 Å². The van der Waals surface area contributed by atoms with Crippen LogP contribution in [-0.2, 0) is 13.5 Å². The van der Waals surface area contributed by atoms with Crippen LogP contribution in [0.5, 0.6) is 0 Å². The highest BCUT2D eigenvalue weighted by Gasteiger charge is 2.18. The van der Waals surface area contributed by atoms with E-state index in [1.807, 2.05) is 0 Å². The van der Waals surface area contributed by atoms with Crippen molar-refractivity contribution in [3.05, 3.63) is 51.8 Å². The second kappa shape index (κ2) is 5.77. The monoisotopic (exact) mass is 330 g/mol. The lowest BCUT2D eigenvalue weighted by Gasteiger charge is -2.17. The zero-order valence-electron chi connectivity index (χ0n) is 10.2. The van der Waals surface area contributed by atoms with E-state index >= 15 is 0 Å². The van der Waals surface area contributed by atoms with Crippen molar-refractivity contribution in [2.75, 3.05) is 0 Å². The topological polar surface area (TPSA) is 55.9 Å². The summed E-state index contributed by atoms with van der Waals surface area (Å²) < 4.78 is 28.8. The lowest BCUT2D eigenvalue weighted by atomic mass is 10.0. The van der Waals surface area contributed by atoms with Crippen LogP contribution >= 0.6 is 15.9 Å². The molecule has 1 heterocycles. The van der Waals surface area contributed by atoms with Gasteiger partial charge in [0.1, 0.15) is 11.6 Å². The average Bonchev–Trinajstić information content (AvgIpc) is 2.65. The molecule has 7 heteroatoms. The van der Waals surface area contributed by atoms with Crippen molar-refractivity contribution in [1.29, 1.82) is 0 Å². The van der Waals surface area contributed by atoms with E-state index in [2.05, 4.69) is 26.5 Å². The third kappa shape index (κ3) is 3.17. The Morgan fingerprint density at radius 2 is 2.00 bits per heavy atom. The smallest absolute Gasteiger partial charge is 0.126 e. The molecular weight excluding hydrogens is 318 g/mol. The highest BCUT2D eigenvalue weighted by molar-refractivity contribution is 9.10. The molecule has 1 aromatic heterocycles. The lowest BCUT2D eigenvalue weighted by Crippen LogP contribution is -2.31. The molecule has 1 atom stereocenters. The minimum Gasteiger partial charge on any atom is -0.271 e. The molecule has 1 unspecified atom stereocenters. The van der Waals surface area contributed by atoms with E-state index in [1.54, 1.807) is 17.9 Å². The largest absolute Gasteiger partial charge is 0.271 e. The summed E-state index contributed by atoms with van der Waals surface area (Å²) in [5.74, 6) is 4.32. The number of nitrogens with zero attached hydrogens (tertiary/aromatic N) is 2. The third-order valence-corrected chi connectivity index (χ3v) is 3.44. The van der Waals surface area contributed by atoms with Gasteiger partial charge in [-0.1, -0.05) is 0 Å². The zero-order chi connectivity index (χ0) is 14.0. The van der Waals surface area contributed by atoms with Crippen LogP contribution in [-0.4, -0.2) is 9.78 Å². The highest BCUT2D eigenvalue weighted by atomic mass is 79.9. The molecule has 19 heavy (non-hydrogen) atoms. The van der Waals surface area contributed by atoms with Crippen molar-refractivity contribution in [2.45, 2.75) is 12.5 Å². The summed E-state index contributed by atoms with van der Waals surface area (Å²) in [4.78, 5) is 0. The number of hydrazine groups is 1. The van der Waals surface area contributed by atoms with Gasteiger partial charge in [-0.15, -0.1) is 0 Å². The van der Waals surface area contributed by atoms with Crippen molar-refractivity contribution >= 4 is 15.9 Å². The van der Waals surface area contributed by atoms with Crippen molar-refractivity contribution in [2.24, 2.45) is 12.9 Å². The van der Waals surface area contributed by atoms with Gasteiger partial charge in [-0.2, -0.15) is 5.10 Å². The molecule has 0 bridgehead atoms. The number of hydrogen-bond donors (Lipinski definition) is 2. The zero-order valence-corrected chi connectivity index (χ0v) is 11.8. The van der Waals surface area contributed by atoms with Crippen LogP contribution < -0.4 is 11.3 Å². The summed E-state index contributed by atoms with van der Waals surface area (Å²) in [6.07, 6.45) is 2.00. The van der Waals surface area contributed by atoms with Crippen LogP contribution in [0.3, 0.4) is 0 Å². The second-order valence-electron chi connectivity index (χ2n) is 4.20. The van der Waals surface area contributed by atoms with E-state index in [0.29, 0.717) is 12.0 Å². The quantitative estimate of drug-likeness (QED) is 0.667. The maximum atomic E-state index is 13.2. The van der Waals surface area contributed by atoms with Gasteiger partial charge in [-0.3, -0.25) is 16.0 Å². The summed E-state index contributed by atoms with van der Waals surface area (Å²) in [6, 6.07) is 3.12. The molecule has 0 aliphatic carbocycles. The predicted molar refractivity (Wildman–Crippen MR) is 71.0 cm³/mol. The number of benzene rings is 1. The van der Waals surface area contributed by atoms with Crippen molar-refractivity contribution in [1.82, 2.24) is 15.2 Å². The fraction of sp³-hybridized carbons (Fsp3) is 0.250. The molecule has 0 aliphatic rings. The van der Waals surface area contributed by atoms with Crippen LogP contribution in [0.25, 0.3) is 0 Å². The van der Waals surface area contributed by atoms with Gasteiger partial charge in [-0.05, 0) is 40.0 Å². The maximum absolute atomic E-state index is 13.2. The number of aromatic nitrogens is 2. The van der Waals surface area contributed by atoms with Gasteiger partial charge in [0.2, 0.25) is 0 Å². The molecule has 0 spiro atoms. The summed E-state index contributed by atoms with van der Waals surface area (Å²) in [5.41, 5.74) is 3.97. The third-order valence-electron chi connectivity index (χ3n) is 2.83. The van der Waals surface area contributed by atoms with Crippen LogP contribution in [0, 0.1) is 11.6 Å². The molecule has 0 saturated carbocycles. The summed E-state index contributed by atoms with van der Waals surface area (Å²) in [5, 5.41) is 4.09. The number of nitrogens with two attached hydrogens (primary N) is 1. The molecule has 0 saturated heterocycles. The Morgan fingerprint density at radius 3 is 2.47 bits per heavy atom. The first kappa shape index (κ1) is 14.1. The molecule has 1 aromatic carbocycles. The minimum atomic E-state index is -0.602. The molecule has 102 valence electrons. The molecule has 0 radical (unpaired) electrons. The number of nitrogens with one attached hydrogen (secondary N) is 1. The minimum absolute atomic E-state index is 0.303. The van der Waals surface area contributed by atoms with Gasteiger partial charge in [-0.25, -0.2) is 8.78 Å². The number of aryl methyl sites for hydroxylation is 1. The predicted octanol–water partition coefficient (Wildman–Crippen LogP) is 2.21. The van der Waals surface area contributed by atoms with Crippen LogP contribution in [0.15, 0.2) is 28.9 Å². The first-order valence-electron chi connectivity index (χ1n) is 5.59. The summed E-state index contributed by atoms with van der Waals surface area (Å²) in [6.45, 7) is 0. The summed E-state index contributed by atoms with van der Waals surface area (Å²) in [7, 11) is 1.77.